The Hall–Kier alpha value is -4.21. The lowest BCUT2D eigenvalue weighted by Gasteiger charge is -2.17. The fraction of sp³-hybridized carbons (Fsp3) is 0.370. The molecule has 0 bridgehead atoms. The number of amides is 2. The van der Waals surface area contributed by atoms with E-state index in [4.69, 9.17) is 0 Å². The number of unbranched alkanes of at least 4 members (excludes halogenated alkanes) is 2. The van der Waals surface area contributed by atoms with E-state index in [9.17, 15) is 9.59 Å². The highest BCUT2D eigenvalue weighted by atomic mass is 16.2. The Labute approximate surface area is 216 Å². The fourth-order valence-electron chi connectivity index (χ4n) is 4.32. The number of carbonyl (C=O) groups excluding carboxylic acids is 2. The summed E-state index contributed by atoms with van der Waals surface area (Å²) in [5, 5.41) is 14.5. The lowest BCUT2D eigenvalue weighted by molar-refractivity contribution is -0.120. The van der Waals surface area contributed by atoms with E-state index in [-0.39, 0.29) is 17.9 Å². The maximum Gasteiger partial charge on any atom is 0.270 e. The quantitative estimate of drug-likeness (QED) is 0.270. The van der Waals surface area contributed by atoms with Gasteiger partial charge in [-0.1, -0.05) is 37.1 Å². The monoisotopic (exact) mass is 502 g/mol. The number of hydrogen-bond donors (Lipinski definition) is 3. The van der Waals surface area contributed by atoms with E-state index in [1.807, 2.05) is 50.5 Å². The summed E-state index contributed by atoms with van der Waals surface area (Å²) in [6.07, 6.45) is 7.44. The number of aryl methyl sites for hydroxylation is 3. The molecule has 0 unspecified atom stereocenters. The van der Waals surface area contributed by atoms with E-state index in [2.05, 4.69) is 30.8 Å². The maximum atomic E-state index is 13.1. The summed E-state index contributed by atoms with van der Waals surface area (Å²) >= 11 is 0. The lowest BCUT2D eigenvalue weighted by Crippen LogP contribution is -2.30. The molecule has 10 nitrogen and oxygen atoms in total. The van der Waals surface area contributed by atoms with Crippen LogP contribution < -0.4 is 10.6 Å². The zero-order valence-electron chi connectivity index (χ0n) is 21.8. The van der Waals surface area contributed by atoms with Gasteiger partial charge >= 0.3 is 0 Å². The molecule has 194 valence electrons. The van der Waals surface area contributed by atoms with Gasteiger partial charge in [0.05, 0.1) is 29.3 Å². The Morgan fingerprint density at radius 1 is 1.03 bits per heavy atom. The van der Waals surface area contributed by atoms with Crippen LogP contribution in [-0.4, -0.2) is 48.4 Å². The number of aromatic amines is 1. The van der Waals surface area contributed by atoms with Gasteiger partial charge in [-0.05, 0) is 37.5 Å². The van der Waals surface area contributed by atoms with Gasteiger partial charge in [0.1, 0.15) is 11.5 Å². The summed E-state index contributed by atoms with van der Waals surface area (Å²) in [4.78, 5) is 32.6. The molecule has 0 saturated carbocycles. The second-order valence-electron chi connectivity index (χ2n) is 9.23. The Kier molecular flexibility index (Phi) is 8.17. The van der Waals surface area contributed by atoms with Gasteiger partial charge < -0.3 is 15.6 Å². The molecule has 0 aliphatic rings. The molecule has 3 heterocycles. The van der Waals surface area contributed by atoms with Gasteiger partial charge in [0, 0.05) is 39.3 Å². The van der Waals surface area contributed by atoms with E-state index in [0.717, 1.165) is 47.5 Å². The summed E-state index contributed by atoms with van der Waals surface area (Å²) < 4.78 is 3.37. The van der Waals surface area contributed by atoms with Crippen molar-refractivity contribution in [1.82, 2.24) is 40.2 Å². The normalized spacial score (nSPS) is 11.9. The molecule has 0 spiro atoms. The van der Waals surface area contributed by atoms with Crippen molar-refractivity contribution in [3.05, 3.63) is 66.0 Å². The third kappa shape index (κ3) is 6.52. The van der Waals surface area contributed by atoms with E-state index in [1.54, 1.807) is 35.7 Å². The molecule has 2 amide bonds. The average molecular weight is 503 g/mol. The van der Waals surface area contributed by atoms with Crippen LogP contribution in [0.15, 0.2) is 48.8 Å². The summed E-state index contributed by atoms with van der Waals surface area (Å²) in [6, 6.07) is 11.6. The van der Waals surface area contributed by atoms with Crippen LogP contribution in [0.3, 0.4) is 0 Å². The number of H-pyrrole nitrogens is 1. The van der Waals surface area contributed by atoms with Gasteiger partial charge in [-0.3, -0.25) is 19.0 Å². The predicted molar refractivity (Wildman–Crippen MR) is 142 cm³/mol. The van der Waals surface area contributed by atoms with Crippen molar-refractivity contribution in [3.63, 3.8) is 0 Å². The molecule has 37 heavy (non-hydrogen) atoms. The first kappa shape index (κ1) is 25.9. The van der Waals surface area contributed by atoms with Gasteiger partial charge in [0.15, 0.2) is 0 Å². The Bertz CT molecular complexity index is 1350. The molecule has 3 N–H and O–H groups in total. The van der Waals surface area contributed by atoms with Crippen LogP contribution in [0.1, 0.15) is 60.2 Å². The molecule has 0 saturated heterocycles. The number of aromatic nitrogens is 6. The van der Waals surface area contributed by atoms with Crippen LogP contribution in [0.25, 0.3) is 22.5 Å². The molecule has 4 rings (SSSR count). The molecular formula is C27H34N8O2. The topological polar surface area (TPSA) is 123 Å². The third-order valence-corrected chi connectivity index (χ3v) is 6.35. The van der Waals surface area contributed by atoms with Gasteiger partial charge in [-0.15, -0.1) is 0 Å². The van der Waals surface area contributed by atoms with Crippen LogP contribution in [0.4, 0.5) is 0 Å². The molecule has 10 heteroatoms. The first-order chi connectivity index (χ1) is 17.8. The summed E-state index contributed by atoms with van der Waals surface area (Å²) in [7, 11) is 5.31. The highest BCUT2D eigenvalue weighted by molar-refractivity contribution is 5.92. The molecule has 1 aromatic carbocycles. The molecular weight excluding hydrogens is 468 g/mol. The fourth-order valence-corrected chi connectivity index (χ4v) is 4.32. The van der Waals surface area contributed by atoms with Crippen molar-refractivity contribution < 1.29 is 9.59 Å². The highest BCUT2D eigenvalue weighted by Crippen LogP contribution is 2.25. The minimum atomic E-state index is -0.302. The van der Waals surface area contributed by atoms with Crippen LogP contribution in [0.2, 0.25) is 0 Å². The molecule has 0 fully saturated rings. The van der Waals surface area contributed by atoms with Gasteiger partial charge in [-0.25, -0.2) is 4.98 Å². The number of benzene rings is 1. The Morgan fingerprint density at radius 2 is 1.78 bits per heavy atom. The second kappa shape index (κ2) is 11.7. The SMILES string of the molecule is CNC(=O)CCCCC[C@H](NC(=O)c1cc(C)nn1C)c1ncc(-c2ccc(-c3ccn(C)n3)cc2)[nH]1. The molecule has 0 radical (unpaired) electrons. The summed E-state index contributed by atoms with van der Waals surface area (Å²) in [5.74, 6) is 0.541. The second-order valence-corrected chi connectivity index (χ2v) is 9.23. The summed E-state index contributed by atoms with van der Waals surface area (Å²) in [5.41, 5.74) is 5.11. The Morgan fingerprint density at radius 3 is 2.43 bits per heavy atom. The van der Waals surface area contributed by atoms with E-state index in [0.29, 0.717) is 24.4 Å². The van der Waals surface area contributed by atoms with Gasteiger partial charge in [-0.2, -0.15) is 10.2 Å². The van der Waals surface area contributed by atoms with Crippen molar-refractivity contribution in [2.45, 2.75) is 45.1 Å². The van der Waals surface area contributed by atoms with E-state index >= 15 is 0 Å². The number of nitrogens with zero attached hydrogens (tertiary/aromatic N) is 5. The molecule has 3 aromatic heterocycles. The van der Waals surface area contributed by atoms with E-state index < -0.39 is 0 Å². The van der Waals surface area contributed by atoms with Crippen molar-refractivity contribution >= 4 is 11.8 Å². The van der Waals surface area contributed by atoms with Gasteiger partial charge in [0.2, 0.25) is 5.91 Å². The zero-order chi connectivity index (χ0) is 26.4. The van der Waals surface area contributed by atoms with Crippen LogP contribution in [0, 0.1) is 6.92 Å². The summed E-state index contributed by atoms with van der Waals surface area (Å²) in [6.45, 7) is 1.86. The third-order valence-electron chi connectivity index (χ3n) is 6.35. The zero-order valence-corrected chi connectivity index (χ0v) is 21.8. The predicted octanol–water partition coefficient (Wildman–Crippen LogP) is 3.69. The van der Waals surface area contributed by atoms with Crippen molar-refractivity contribution in [1.29, 1.82) is 0 Å². The largest absolute Gasteiger partial charge is 0.359 e. The number of imidazole rings is 1. The molecule has 0 aliphatic carbocycles. The minimum absolute atomic E-state index is 0.0428. The maximum absolute atomic E-state index is 13.1. The van der Waals surface area contributed by atoms with Crippen molar-refractivity contribution in [3.8, 4) is 22.5 Å². The van der Waals surface area contributed by atoms with Crippen molar-refractivity contribution in [2.75, 3.05) is 7.05 Å². The van der Waals surface area contributed by atoms with Crippen LogP contribution in [-0.2, 0) is 18.9 Å². The minimum Gasteiger partial charge on any atom is -0.359 e. The smallest absolute Gasteiger partial charge is 0.270 e. The first-order valence-electron chi connectivity index (χ1n) is 12.5. The number of carbonyl (C=O) groups is 2. The molecule has 4 aromatic rings. The highest BCUT2D eigenvalue weighted by Gasteiger charge is 2.21. The van der Waals surface area contributed by atoms with Crippen LogP contribution in [0.5, 0.6) is 0 Å². The average Bonchev–Trinajstić information content (AvgIpc) is 3.63. The van der Waals surface area contributed by atoms with Crippen molar-refractivity contribution in [2.24, 2.45) is 14.1 Å². The Balaban J connectivity index is 1.48. The first-order valence-corrected chi connectivity index (χ1v) is 12.5. The van der Waals surface area contributed by atoms with Crippen LogP contribution >= 0.6 is 0 Å². The van der Waals surface area contributed by atoms with E-state index in [1.165, 1.54) is 0 Å². The number of rotatable bonds is 11. The number of hydrogen-bond acceptors (Lipinski definition) is 5. The standard InChI is InChI=1S/C27H34N8O2/c1-18-16-24(35(4)32-18)27(37)31-22(8-6-5-7-9-25(36)28-2)26-29-17-23(30-26)20-12-10-19(11-13-20)21-14-15-34(3)33-21/h10-17,22H,5-9H2,1-4H3,(H,28,36)(H,29,30)(H,31,37)/t22-/m0/s1. The van der Waals surface area contributed by atoms with Gasteiger partial charge in [0.25, 0.3) is 5.91 Å². The number of nitrogens with one attached hydrogen (secondary N) is 3. The lowest BCUT2D eigenvalue weighted by atomic mass is 10.1. The molecule has 1 atom stereocenters. The molecule has 0 aliphatic heterocycles.